The molecule has 4 rings (SSSR count). The van der Waals surface area contributed by atoms with Crippen molar-refractivity contribution in [3.8, 4) is 0 Å². The second-order valence-corrected chi connectivity index (χ2v) is 16.0. The Morgan fingerprint density at radius 2 is 1.55 bits per heavy atom. The van der Waals surface area contributed by atoms with Crippen molar-refractivity contribution in [2.75, 3.05) is 6.61 Å². The van der Waals surface area contributed by atoms with Crippen LogP contribution in [0.15, 0.2) is 89.4 Å². The molecule has 0 aromatic heterocycles. The molecule has 1 N–H and O–H groups in total. The summed E-state index contributed by atoms with van der Waals surface area (Å²) < 4.78 is 19.6. The van der Waals surface area contributed by atoms with Crippen LogP contribution in [-0.4, -0.2) is 44.3 Å². The largest absolute Gasteiger partial charge is 0.457 e. The third-order valence-corrected chi connectivity index (χ3v) is 12.7. The van der Waals surface area contributed by atoms with Gasteiger partial charge in [0.05, 0.1) is 25.2 Å². The summed E-state index contributed by atoms with van der Waals surface area (Å²) in [5, 5.41) is 13.1. The van der Waals surface area contributed by atoms with Crippen LogP contribution in [0.3, 0.4) is 0 Å². The Morgan fingerprint density at radius 1 is 0.974 bits per heavy atom. The molecule has 7 heteroatoms. The van der Waals surface area contributed by atoms with E-state index in [-0.39, 0.29) is 17.4 Å². The monoisotopic (exact) mass is 596 g/mol. The van der Waals surface area contributed by atoms with E-state index >= 15 is 0 Å². The second-order valence-electron chi connectivity index (χ2n) is 10.9. The molecule has 202 valence electrons. The average Bonchev–Trinajstić information content (AvgIpc) is 3.28. The van der Waals surface area contributed by atoms with Crippen LogP contribution in [0.1, 0.15) is 45.6 Å². The van der Waals surface area contributed by atoms with Crippen molar-refractivity contribution in [1.82, 2.24) is 0 Å². The van der Waals surface area contributed by atoms with Gasteiger partial charge in [-0.3, -0.25) is 4.79 Å². The maximum absolute atomic E-state index is 12.5. The summed E-state index contributed by atoms with van der Waals surface area (Å²) in [5.41, 5.74) is 1.09. The number of benzene rings is 3. The summed E-state index contributed by atoms with van der Waals surface area (Å²) in [4.78, 5) is 12.5. The zero-order valence-corrected chi connectivity index (χ0v) is 24.9. The van der Waals surface area contributed by atoms with Crippen molar-refractivity contribution in [3.63, 3.8) is 0 Å². The molecule has 1 saturated heterocycles. The molecule has 0 unspecified atom stereocenters. The maximum Gasteiger partial charge on any atom is 0.308 e. The van der Waals surface area contributed by atoms with Gasteiger partial charge < -0.3 is 19.0 Å². The number of aliphatic hydroxyl groups excluding tert-OH is 1. The number of hydrogen-bond acceptors (Lipinski definition) is 5. The predicted molar refractivity (Wildman–Crippen MR) is 156 cm³/mol. The van der Waals surface area contributed by atoms with Crippen molar-refractivity contribution >= 4 is 40.6 Å². The summed E-state index contributed by atoms with van der Waals surface area (Å²) in [5.74, 6) is -0.330. The van der Waals surface area contributed by atoms with Crippen LogP contribution in [0.5, 0.6) is 0 Å². The first-order valence-corrected chi connectivity index (χ1v) is 15.9. The molecule has 0 amide bonds. The molecule has 3 aromatic rings. The van der Waals surface area contributed by atoms with Crippen molar-refractivity contribution < 1.29 is 23.8 Å². The minimum absolute atomic E-state index is 0.131. The summed E-state index contributed by atoms with van der Waals surface area (Å²) in [6.45, 7) is 7.62. The number of aliphatic hydroxyl groups is 1. The highest BCUT2D eigenvalue weighted by atomic mass is 79.9. The van der Waals surface area contributed by atoms with E-state index in [0.717, 1.165) is 20.4 Å². The maximum atomic E-state index is 12.5. The molecule has 1 aliphatic heterocycles. The quantitative estimate of drug-likeness (QED) is 0.183. The fraction of sp³-hybridized carbons (Fsp3) is 0.387. The molecular formula is C31H37BrO5Si. The van der Waals surface area contributed by atoms with Gasteiger partial charge in [0, 0.05) is 11.1 Å². The number of cyclic esters (lactones) is 1. The van der Waals surface area contributed by atoms with Gasteiger partial charge in [0.2, 0.25) is 0 Å². The SMILES string of the molecule is CC(C)(C)[Si](O[C@@H]1CC(=O)O[C@@H]1[C@H](O)CCCOCc1ccc(Br)cc1)(c1ccccc1)c1ccccc1. The normalized spacial score (nSPS) is 18.8. The van der Waals surface area contributed by atoms with E-state index in [1.807, 2.05) is 60.7 Å². The third kappa shape index (κ3) is 6.64. The molecule has 5 nitrogen and oxygen atoms in total. The zero-order valence-electron chi connectivity index (χ0n) is 22.3. The highest BCUT2D eigenvalue weighted by Crippen LogP contribution is 2.39. The smallest absolute Gasteiger partial charge is 0.308 e. The van der Waals surface area contributed by atoms with Gasteiger partial charge in [-0.05, 0) is 45.9 Å². The Morgan fingerprint density at radius 3 is 2.11 bits per heavy atom. The van der Waals surface area contributed by atoms with E-state index in [2.05, 4.69) is 61.0 Å². The van der Waals surface area contributed by atoms with E-state index in [9.17, 15) is 9.90 Å². The van der Waals surface area contributed by atoms with Crippen LogP contribution >= 0.6 is 15.9 Å². The molecule has 0 saturated carbocycles. The Hall–Kier alpha value is -2.29. The van der Waals surface area contributed by atoms with E-state index in [0.29, 0.717) is 26.1 Å². The van der Waals surface area contributed by atoms with Gasteiger partial charge in [0.15, 0.2) is 6.10 Å². The Balaban J connectivity index is 1.48. The number of esters is 1. The minimum Gasteiger partial charge on any atom is -0.457 e. The molecule has 0 bridgehead atoms. The molecule has 3 aromatic carbocycles. The van der Waals surface area contributed by atoms with Gasteiger partial charge in [-0.25, -0.2) is 0 Å². The lowest BCUT2D eigenvalue weighted by molar-refractivity contribution is -0.146. The van der Waals surface area contributed by atoms with Gasteiger partial charge in [-0.2, -0.15) is 0 Å². The fourth-order valence-corrected chi connectivity index (χ4v) is 10.2. The molecule has 0 spiro atoms. The topological polar surface area (TPSA) is 65.0 Å². The van der Waals surface area contributed by atoms with E-state index < -0.39 is 26.6 Å². The number of halogens is 1. The summed E-state index contributed by atoms with van der Waals surface area (Å²) in [6, 6.07) is 28.6. The predicted octanol–water partition coefficient (Wildman–Crippen LogP) is 5.37. The van der Waals surface area contributed by atoms with Crippen LogP contribution in [0, 0.1) is 0 Å². The second kappa shape index (κ2) is 12.7. The van der Waals surface area contributed by atoms with Crippen LogP contribution in [0.4, 0.5) is 0 Å². The van der Waals surface area contributed by atoms with E-state index in [1.54, 1.807) is 0 Å². The van der Waals surface area contributed by atoms with Crippen molar-refractivity contribution in [2.45, 2.75) is 70.0 Å². The fourth-order valence-electron chi connectivity index (χ4n) is 5.24. The minimum atomic E-state index is -2.89. The van der Waals surface area contributed by atoms with Gasteiger partial charge >= 0.3 is 5.97 Å². The highest BCUT2D eigenvalue weighted by molar-refractivity contribution is 9.10. The summed E-state index contributed by atoms with van der Waals surface area (Å²) >= 11 is 3.44. The number of rotatable bonds is 11. The third-order valence-electron chi connectivity index (χ3n) is 7.10. The lowest BCUT2D eigenvalue weighted by atomic mass is 10.0. The Kier molecular flexibility index (Phi) is 9.60. The van der Waals surface area contributed by atoms with Gasteiger partial charge in [0.25, 0.3) is 8.32 Å². The molecule has 0 radical (unpaired) electrons. The molecule has 1 aliphatic rings. The molecule has 3 atom stereocenters. The van der Waals surface area contributed by atoms with E-state index in [1.165, 1.54) is 0 Å². The molecular weight excluding hydrogens is 560 g/mol. The average molecular weight is 598 g/mol. The first-order chi connectivity index (χ1) is 18.2. The Labute approximate surface area is 235 Å². The lowest BCUT2D eigenvalue weighted by Crippen LogP contribution is -2.68. The van der Waals surface area contributed by atoms with Crippen LogP contribution in [0.2, 0.25) is 5.04 Å². The number of hydrogen-bond donors (Lipinski definition) is 1. The van der Waals surface area contributed by atoms with Gasteiger partial charge in [0.1, 0.15) is 0 Å². The van der Waals surface area contributed by atoms with Crippen molar-refractivity contribution in [3.05, 3.63) is 95.0 Å². The number of carbonyl (C=O) groups is 1. The number of carbonyl (C=O) groups excluding carboxylic acids is 1. The Bertz CT molecular complexity index is 1120. The van der Waals surface area contributed by atoms with Crippen LogP contribution in [0.25, 0.3) is 0 Å². The van der Waals surface area contributed by atoms with Crippen LogP contribution in [-0.2, 0) is 25.3 Å². The van der Waals surface area contributed by atoms with E-state index in [4.69, 9.17) is 13.9 Å². The van der Waals surface area contributed by atoms with Gasteiger partial charge in [-0.1, -0.05) is 109 Å². The molecule has 38 heavy (non-hydrogen) atoms. The first kappa shape index (κ1) is 28.7. The summed E-state index contributed by atoms with van der Waals surface area (Å²) in [6.07, 6.45) is -0.841. The van der Waals surface area contributed by atoms with Crippen molar-refractivity contribution in [2.24, 2.45) is 0 Å². The summed E-state index contributed by atoms with van der Waals surface area (Å²) in [7, 11) is -2.89. The molecule has 0 aliphatic carbocycles. The molecule has 1 fully saturated rings. The van der Waals surface area contributed by atoms with Crippen LogP contribution < -0.4 is 10.4 Å². The zero-order chi connectivity index (χ0) is 27.2. The number of ether oxygens (including phenoxy) is 2. The highest BCUT2D eigenvalue weighted by Gasteiger charge is 2.54. The lowest BCUT2D eigenvalue weighted by Gasteiger charge is -2.45. The van der Waals surface area contributed by atoms with Crippen molar-refractivity contribution in [1.29, 1.82) is 0 Å². The first-order valence-electron chi connectivity index (χ1n) is 13.2. The van der Waals surface area contributed by atoms with Gasteiger partial charge in [-0.15, -0.1) is 0 Å². The standard InChI is InChI=1S/C31H37BrO5Si/c1-31(2,3)38(25-11-6-4-7-12-25,26-13-8-5-9-14-26)37-28-21-29(34)36-30(28)27(33)15-10-20-35-22-23-16-18-24(32)19-17-23/h4-9,11-14,16-19,27-28,30,33H,10,15,20-22H2,1-3H3/t27-,28-,30-/m1/s1. The molecule has 1 heterocycles.